The molecule has 0 bridgehead atoms. The Kier molecular flexibility index (Phi) is 10.4. The number of methoxy groups -OCH3 is 2. The van der Waals surface area contributed by atoms with Gasteiger partial charge in [0.2, 0.25) is 0 Å². The molecule has 8 nitrogen and oxygen atoms in total. The average molecular weight is 403 g/mol. The van der Waals surface area contributed by atoms with Gasteiger partial charge in [-0.25, -0.2) is 0 Å². The Morgan fingerprint density at radius 2 is 1.14 bits per heavy atom. The molecule has 2 aromatic rings. The van der Waals surface area contributed by atoms with Crippen LogP contribution in [0.5, 0.6) is 11.5 Å². The van der Waals surface area contributed by atoms with Gasteiger partial charge in [-0.05, 0) is 38.1 Å². The van der Waals surface area contributed by atoms with E-state index >= 15 is 0 Å². The van der Waals surface area contributed by atoms with Gasteiger partial charge in [-0.1, -0.05) is 0 Å². The predicted molar refractivity (Wildman–Crippen MR) is 108 cm³/mol. The molecule has 0 aromatic carbocycles. The van der Waals surface area contributed by atoms with Crippen LogP contribution in [0.25, 0.3) is 0 Å². The Bertz CT molecular complexity index is 685. The normalized spacial score (nSPS) is 10.8. The standard InChI is InChI=1S/C20H28BN2O6/c1-15-19(7-5-17(22-15)13-26-11-9-24-3)28-21-29-20-8-6-18(23-16(20)2)14-27-12-10-25-4/h5-8H,9-14H2,1-4H3. The second-order valence-electron chi connectivity index (χ2n) is 6.19. The highest BCUT2D eigenvalue weighted by molar-refractivity contribution is 6.20. The molecule has 2 aromatic heterocycles. The SMILES string of the molecule is COCCOCc1ccc(O[B]Oc2ccc(COCCOC)nc2C)c(C)n1. The summed E-state index contributed by atoms with van der Waals surface area (Å²) in [5, 5.41) is 0. The zero-order valence-electron chi connectivity index (χ0n) is 17.5. The van der Waals surface area contributed by atoms with E-state index in [-0.39, 0.29) is 0 Å². The fourth-order valence-electron chi connectivity index (χ4n) is 2.38. The molecule has 9 heteroatoms. The summed E-state index contributed by atoms with van der Waals surface area (Å²) < 4.78 is 32.0. The summed E-state index contributed by atoms with van der Waals surface area (Å²) >= 11 is 0. The average Bonchev–Trinajstić information content (AvgIpc) is 2.71. The van der Waals surface area contributed by atoms with Crippen LogP contribution in [0.2, 0.25) is 0 Å². The van der Waals surface area contributed by atoms with Crippen LogP contribution in [0.15, 0.2) is 24.3 Å². The largest absolute Gasteiger partial charge is 0.658 e. The number of aryl methyl sites for hydroxylation is 2. The molecule has 1 radical (unpaired) electrons. The summed E-state index contributed by atoms with van der Waals surface area (Å²) in [7, 11) is 4.56. The molecule has 157 valence electrons. The highest BCUT2D eigenvalue weighted by Crippen LogP contribution is 2.19. The quantitative estimate of drug-likeness (QED) is 0.352. The molecule has 2 heterocycles. The van der Waals surface area contributed by atoms with Crippen molar-refractivity contribution in [1.82, 2.24) is 9.97 Å². The van der Waals surface area contributed by atoms with E-state index in [1.807, 2.05) is 38.1 Å². The first-order valence-corrected chi connectivity index (χ1v) is 9.35. The summed E-state index contributed by atoms with van der Waals surface area (Å²) in [5.41, 5.74) is 3.15. The first-order valence-electron chi connectivity index (χ1n) is 9.35. The van der Waals surface area contributed by atoms with Gasteiger partial charge in [-0.15, -0.1) is 0 Å². The van der Waals surface area contributed by atoms with E-state index in [4.69, 9.17) is 28.3 Å². The smallest absolute Gasteiger partial charge is 0.525 e. The summed E-state index contributed by atoms with van der Waals surface area (Å²) in [4.78, 5) is 8.93. The molecular weight excluding hydrogens is 375 g/mol. The Balaban J connectivity index is 1.78. The number of hydrogen-bond donors (Lipinski definition) is 0. The van der Waals surface area contributed by atoms with E-state index in [0.717, 1.165) is 22.8 Å². The van der Waals surface area contributed by atoms with Crippen molar-refractivity contribution in [3.63, 3.8) is 0 Å². The van der Waals surface area contributed by atoms with Crippen molar-refractivity contribution in [2.45, 2.75) is 27.1 Å². The molecule has 0 unspecified atom stereocenters. The molecule has 0 saturated carbocycles. The van der Waals surface area contributed by atoms with Crippen LogP contribution >= 0.6 is 0 Å². The molecule has 0 aliphatic carbocycles. The fourth-order valence-corrected chi connectivity index (χ4v) is 2.38. The van der Waals surface area contributed by atoms with Gasteiger partial charge in [0.1, 0.15) is 11.5 Å². The molecular formula is C20H28BN2O6. The Labute approximate surface area is 172 Å². The van der Waals surface area contributed by atoms with Gasteiger partial charge in [0.05, 0.1) is 62.4 Å². The highest BCUT2D eigenvalue weighted by Gasteiger charge is 2.09. The summed E-state index contributed by atoms with van der Waals surface area (Å²) in [6.45, 7) is 6.77. The molecule has 0 aliphatic rings. The van der Waals surface area contributed by atoms with E-state index in [2.05, 4.69) is 9.97 Å². The lowest BCUT2D eigenvalue weighted by molar-refractivity contribution is 0.0601. The Morgan fingerprint density at radius 1 is 0.690 bits per heavy atom. The Hall–Kier alpha value is -2.20. The van der Waals surface area contributed by atoms with Crippen molar-refractivity contribution < 1.29 is 28.3 Å². The zero-order chi connectivity index (χ0) is 20.9. The number of hydrogen-bond acceptors (Lipinski definition) is 8. The van der Waals surface area contributed by atoms with Crippen molar-refractivity contribution in [1.29, 1.82) is 0 Å². The van der Waals surface area contributed by atoms with Gasteiger partial charge in [-0.3, -0.25) is 9.97 Å². The number of pyridine rings is 2. The molecule has 0 saturated heterocycles. The number of nitrogens with zero attached hydrogens (tertiary/aromatic N) is 2. The summed E-state index contributed by atoms with van der Waals surface area (Å²) in [6, 6.07) is 7.38. The first kappa shape index (κ1) is 23.1. The van der Waals surface area contributed by atoms with Crippen LogP contribution in [0.4, 0.5) is 0 Å². The van der Waals surface area contributed by atoms with Crippen LogP contribution in [0.1, 0.15) is 22.8 Å². The fraction of sp³-hybridized carbons (Fsp3) is 0.500. The van der Waals surface area contributed by atoms with Gasteiger partial charge in [-0.2, -0.15) is 0 Å². The maximum Gasteiger partial charge on any atom is 0.658 e. The van der Waals surface area contributed by atoms with Crippen molar-refractivity contribution >= 4 is 7.69 Å². The van der Waals surface area contributed by atoms with Crippen molar-refractivity contribution in [3.05, 3.63) is 47.0 Å². The van der Waals surface area contributed by atoms with Crippen molar-refractivity contribution in [2.75, 3.05) is 40.6 Å². The minimum absolute atomic E-state index is 0.428. The van der Waals surface area contributed by atoms with Crippen LogP contribution in [0, 0.1) is 13.8 Å². The van der Waals surface area contributed by atoms with Crippen LogP contribution in [0.3, 0.4) is 0 Å². The highest BCUT2D eigenvalue weighted by atomic mass is 16.6. The maximum absolute atomic E-state index is 5.58. The number of aromatic nitrogens is 2. The lowest BCUT2D eigenvalue weighted by atomic mass is 10.2. The topological polar surface area (TPSA) is 81.2 Å². The molecule has 0 amide bonds. The maximum atomic E-state index is 5.58. The molecule has 0 atom stereocenters. The monoisotopic (exact) mass is 403 g/mol. The van der Waals surface area contributed by atoms with Gasteiger partial charge >= 0.3 is 7.69 Å². The van der Waals surface area contributed by atoms with Crippen LogP contribution < -0.4 is 9.31 Å². The number of ether oxygens (including phenoxy) is 4. The lowest BCUT2D eigenvalue weighted by Crippen LogP contribution is -2.13. The summed E-state index contributed by atoms with van der Waals surface area (Å²) in [5.74, 6) is 1.22. The third-order valence-electron chi connectivity index (χ3n) is 3.90. The number of rotatable bonds is 14. The van der Waals surface area contributed by atoms with E-state index in [0.29, 0.717) is 51.1 Å². The van der Waals surface area contributed by atoms with E-state index in [1.54, 1.807) is 14.2 Å². The van der Waals surface area contributed by atoms with Crippen LogP contribution in [-0.4, -0.2) is 58.3 Å². The third kappa shape index (κ3) is 8.37. The van der Waals surface area contributed by atoms with E-state index in [1.165, 1.54) is 7.69 Å². The second kappa shape index (κ2) is 13.1. The van der Waals surface area contributed by atoms with Crippen molar-refractivity contribution in [2.24, 2.45) is 0 Å². The third-order valence-corrected chi connectivity index (χ3v) is 3.90. The Morgan fingerprint density at radius 3 is 1.52 bits per heavy atom. The minimum atomic E-state index is 0.428. The van der Waals surface area contributed by atoms with E-state index in [9.17, 15) is 0 Å². The summed E-state index contributed by atoms with van der Waals surface area (Å²) in [6.07, 6.45) is 0. The molecule has 0 aliphatic heterocycles. The van der Waals surface area contributed by atoms with E-state index < -0.39 is 0 Å². The molecule has 0 spiro atoms. The second-order valence-corrected chi connectivity index (χ2v) is 6.19. The zero-order valence-corrected chi connectivity index (χ0v) is 17.5. The van der Waals surface area contributed by atoms with Gasteiger partial charge in [0.15, 0.2) is 0 Å². The van der Waals surface area contributed by atoms with Crippen molar-refractivity contribution in [3.8, 4) is 11.5 Å². The van der Waals surface area contributed by atoms with Gasteiger partial charge < -0.3 is 28.3 Å². The lowest BCUT2D eigenvalue weighted by Gasteiger charge is -2.12. The predicted octanol–water partition coefficient (Wildman–Crippen LogP) is 2.41. The minimum Gasteiger partial charge on any atom is -0.525 e. The first-order chi connectivity index (χ1) is 14.1. The van der Waals surface area contributed by atoms with Gasteiger partial charge in [0.25, 0.3) is 0 Å². The molecule has 0 N–H and O–H groups in total. The van der Waals surface area contributed by atoms with Crippen LogP contribution in [-0.2, 0) is 32.2 Å². The molecule has 0 fully saturated rings. The molecule has 2 rings (SSSR count). The molecule has 29 heavy (non-hydrogen) atoms. The van der Waals surface area contributed by atoms with Gasteiger partial charge in [0, 0.05) is 14.2 Å².